The highest BCUT2D eigenvalue weighted by atomic mass is 32.2. The van der Waals surface area contributed by atoms with Gasteiger partial charge in [-0.15, -0.1) is 0 Å². The molecule has 2 aromatic rings. The number of hydrogen-bond donors (Lipinski definition) is 1. The predicted molar refractivity (Wildman–Crippen MR) is 104 cm³/mol. The third-order valence-corrected chi connectivity index (χ3v) is 4.54. The second-order valence-electron chi connectivity index (χ2n) is 5.76. The minimum atomic E-state index is -0.787. The Morgan fingerprint density at radius 3 is 2.21 bits per heavy atom. The van der Waals surface area contributed by atoms with Gasteiger partial charge in [-0.3, -0.25) is 19.7 Å². The Morgan fingerprint density at radius 1 is 1.07 bits per heavy atom. The van der Waals surface area contributed by atoms with E-state index in [2.05, 4.69) is 10.1 Å². The summed E-state index contributed by atoms with van der Waals surface area (Å²) in [6, 6.07) is 9.85. The van der Waals surface area contributed by atoms with Crippen LogP contribution in [0.2, 0.25) is 0 Å². The van der Waals surface area contributed by atoms with Gasteiger partial charge in [0.05, 0.1) is 17.6 Å². The molecule has 146 valence electrons. The number of anilines is 1. The molecule has 0 atom stereocenters. The number of hydrogen-bond acceptors (Lipinski definition) is 7. The standard InChI is InChI=1S/C18H17N3O6S/c1-20(2)18(24)28-15-6-4-13(5-7-15)19-16(22)11-8-12(17(23)27-3)10-14(9-11)21(25)26/h4-10H,1-3H3,(H,19,22). The minimum Gasteiger partial charge on any atom is -0.465 e. The maximum absolute atomic E-state index is 12.5. The molecule has 1 N–H and O–H groups in total. The van der Waals surface area contributed by atoms with Crippen molar-refractivity contribution in [3.8, 4) is 0 Å². The van der Waals surface area contributed by atoms with Crippen molar-refractivity contribution in [1.82, 2.24) is 4.90 Å². The number of rotatable bonds is 5. The summed E-state index contributed by atoms with van der Waals surface area (Å²) in [5.41, 5.74) is -0.133. The predicted octanol–water partition coefficient (Wildman–Crippen LogP) is 3.41. The maximum Gasteiger partial charge on any atom is 0.338 e. The van der Waals surface area contributed by atoms with E-state index >= 15 is 0 Å². The Hall–Kier alpha value is -3.40. The van der Waals surface area contributed by atoms with Crippen LogP contribution in [0.5, 0.6) is 0 Å². The molecule has 9 nitrogen and oxygen atoms in total. The number of nitro groups is 1. The number of carbonyl (C=O) groups is 3. The van der Waals surface area contributed by atoms with Crippen LogP contribution in [0.15, 0.2) is 47.4 Å². The molecule has 0 heterocycles. The number of benzene rings is 2. The molecule has 10 heteroatoms. The van der Waals surface area contributed by atoms with E-state index in [9.17, 15) is 24.5 Å². The van der Waals surface area contributed by atoms with E-state index in [0.29, 0.717) is 10.6 Å². The highest BCUT2D eigenvalue weighted by molar-refractivity contribution is 8.13. The van der Waals surface area contributed by atoms with E-state index in [1.807, 2.05) is 0 Å². The number of nitro benzene ring substituents is 1. The van der Waals surface area contributed by atoms with Crippen LogP contribution >= 0.6 is 11.8 Å². The van der Waals surface area contributed by atoms with E-state index in [4.69, 9.17) is 0 Å². The third-order valence-electron chi connectivity index (χ3n) is 3.49. The Balaban J connectivity index is 2.20. The zero-order valence-corrected chi connectivity index (χ0v) is 16.1. The molecule has 0 aliphatic rings. The third kappa shape index (κ3) is 5.30. The fourth-order valence-corrected chi connectivity index (χ4v) is 2.74. The quantitative estimate of drug-likeness (QED) is 0.352. The molecular weight excluding hydrogens is 386 g/mol. The summed E-state index contributed by atoms with van der Waals surface area (Å²) in [5, 5.41) is 13.5. The molecule has 2 aromatic carbocycles. The molecule has 28 heavy (non-hydrogen) atoms. The van der Waals surface area contributed by atoms with Crippen LogP contribution in [0.4, 0.5) is 16.2 Å². The van der Waals surface area contributed by atoms with Crippen molar-refractivity contribution in [1.29, 1.82) is 0 Å². The number of carbonyl (C=O) groups excluding carboxylic acids is 3. The molecule has 0 radical (unpaired) electrons. The Kier molecular flexibility index (Phi) is 6.72. The molecule has 0 spiro atoms. The normalized spacial score (nSPS) is 10.1. The van der Waals surface area contributed by atoms with Crippen LogP contribution in [-0.2, 0) is 4.74 Å². The smallest absolute Gasteiger partial charge is 0.338 e. The Labute approximate surface area is 164 Å². The van der Waals surface area contributed by atoms with Crippen molar-refractivity contribution in [3.05, 3.63) is 63.7 Å². The monoisotopic (exact) mass is 403 g/mol. The van der Waals surface area contributed by atoms with Gasteiger partial charge in [-0.1, -0.05) is 0 Å². The number of amides is 2. The lowest BCUT2D eigenvalue weighted by atomic mass is 10.1. The molecular formula is C18H17N3O6S. The topological polar surface area (TPSA) is 119 Å². The van der Waals surface area contributed by atoms with Crippen molar-refractivity contribution in [3.63, 3.8) is 0 Å². The van der Waals surface area contributed by atoms with Gasteiger partial charge >= 0.3 is 5.97 Å². The lowest BCUT2D eigenvalue weighted by Crippen LogP contribution is -2.16. The van der Waals surface area contributed by atoms with E-state index in [-0.39, 0.29) is 16.4 Å². The molecule has 0 aliphatic heterocycles. The fraction of sp³-hybridized carbons (Fsp3) is 0.167. The van der Waals surface area contributed by atoms with E-state index in [1.165, 1.54) is 11.0 Å². The second-order valence-corrected chi connectivity index (χ2v) is 6.78. The zero-order chi connectivity index (χ0) is 20.8. The number of ether oxygens (including phenoxy) is 1. The van der Waals surface area contributed by atoms with Gasteiger partial charge in [0.15, 0.2) is 0 Å². The minimum absolute atomic E-state index is 0.0594. The summed E-state index contributed by atoms with van der Waals surface area (Å²) in [7, 11) is 4.43. The molecule has 0 bridgehead atoms. The highest BCUT2D eigenvalue weighted by Crippen LogP contribution is 2.23. The number of thioether (sulfide) groups is 1. The van der Waals surface area contributed by atoms with Crippen molar-refractivity contribution >= 4 is 40.3 Å². The average molecular weight is 403 g/mol. The summed E-state index contributed by atoms with van der Waals surface area (Å²) >= 11 is 1.04. The molecule has 0 unspecified atom stereocenters. The van der Waals surface area contributed by atoms with Crippen LogP contribution < -0.4 is 5.32 Å². The van der Waals surface area contributed by atoms with Crippen LogP contribution in [0.25, 0.3) is 0 Å². The zero-order valence-electron chi connectivity index (χ0n) is 15.3. The van der Waals surface area contributed by atoms with Gasteiger partial charge in [-0.2, -0.15) is 0 Å². The summed E-state index contributed by atoms with van der Waals surface area (Å²) in [4.78, 5) is 48.3. The summed E-state index contributed by atoms with van der Waals surface area (Å²) in [6.07, 6.45) is 0. The van der Waals surface area contributed by atoms with Crippen LogP contribution in [0.3, 0.4) is 0 Å². The van der Waals surface area contributed by atoms with Crippen molar-refractivity contribution < 1.29 is 24.0 Å². The van der Waals surface area contributed by atoms with Gasteiger partial charge in [-0.25, -0.2) is 4.79 Å². The van der Waals surface area contributed by atoms with Gasteiger partial charge in [0.1, 0.15) is 0 Å². The molecule has 2 amide bonds. The summed E-state index contributed by atoms with van der Waals surface area (Å²) < 4.78 is 4.56. The van der Waals surface area contributed by atoms with E-state index < -0.39 is 22.5 Å². The SMILES string of the molecule is COC(=O)c1cc(C(=O)Nc2ccc(SC(=O)N(C)C)cc2)cc([N+](=O)[O-])c1. The first-order valence-corrected chi connectivity index (χ1v) is 8.71. The van der Waals surface area contributed by atoms with Gasteiger partial charge in [0, 0.05) is 42.4 Å². The fourth-order valence-electron chi connectivity index (χ4n) is 2.09. The lowest BCUT2D eigenvalue weighted by molar-refractivity contribution is -0.384. The number of nitrogens with zero attached hydrogens (tertiary/aromatic N) is 2. The Bertz CT molecular complexity index is 927. The molecule has 0 aliphatic carbocycles. The maximum atomic E-state index is 12.5. The van der Waals surface area contributed by atoms with Crippen LogP contribution in [0.1, 0.15) is 20.7 Å². The van der Waals surface area contributed by atoms with E-state index in [0.717, 1.165) is 31.0 Å². The van der Waals surface area contributed by atoms with Crippen molar-refractivity contribution in [2.24, 2.45) is 0 Å². The molecule has 0 fully saturated rings. The van der Waals surface area contributed by atoms with E-state index in [1.54, 1.807) is 38.4 Å². The average Bonchev–Trinajstić information content (AvgIpc) is 2.68. The Morgan fingerprint density at radius 2 is 1.68 bits per heavy atom. The van der Waals surface area contributed by atoms with Crippen LogP contribution in [-0.4, -0.2) is 48.1 Å². The van der Waals surface area contributed by atoms with Gasteiger partial charge < -0.3 is 15.0 Å². The second kappa shape index (κ2) is 9.00. The summed E-state index contributed by atoms with van der Waals surface area (Å²) in [6.45, 7) is 0. The molecule has 0 aromatic heterocycles. The van der Waals surface area contributed by atoms with Crippen LogP contribution in [0, 0.1) is 10.1 Å². The highest BCUT2D eigenvalue weighted by Gasteiger charge is 2.18. The number of methoxy groups -OCH3 is 1. The first-order chi connectivity index (χ1) is 13.2. The lowest BCUT2D eigenvalue weighted by Gasteiger charge is -2.10. The van der Waals surface area contributed by atoms with Gasteiger partial charge in [-0.05, 0) is 42.1 Å². The number of nitrogens with one attached hydrogen (secondary N) is 1. The number of esters is 1. The molecule has 0 saturated carbocycles. The largest absolute Gasteiger partial charge is 0.465 e. The van der Waals surface area contributed by atoms with Crippen molar-refractivity contribution in [2.45, 2.75) is 4.90 Å². The first-order valence-electron chi connectivity index (χ1n) is 7.89. The molecule has 2 rings (SSSR count). The summed E-state index contributed by atoms with van der Waals surface area (Å²) in [5.74, 6) is -1.41. The van der Waals surface area contributed by atoms with Crippen molar-refractivity contribution in [2.75, 3.05) is 26.5 Å². The van der Waals surface area contributed by atoms with Gasteiger partial charge in [0.25, 0.3) is 16.8 Å². The van der Waals surface area contributed by atoms with Gasteiger partial charge in [0.2, 0.25) is 0 Å². The molecule has 0 saturated heterocycles. The number of non-ortho nitro benzene ring substituents is 1. The first kappa shape index (κ1) is 20.9.